The van der Waals surface area contributed by atoms with Crippen molar-refractivity contribution in [3.05, 3.63) is 69.9 Å². The molecule has 0 heterocycles. The lowest BCUT2D eigenvalue weighted by Gasteiger charge is -2.57. The number of hydrogen-bond donors (Lipinski definition) is 1. The fourth-order valence-electron chi connectivity index (χ4n) is 13.8. The first kappa shape index (κ1) is 40.4. The van der Waals surface area contributed by atoms with E-state index in [9.17, 15) is 9.90 Å². The van der Waals surface area contributed by atoms with E-state index in [1.165, 1.54) is 61.8 Å². The largest absolute Gasteiger partial charge is 0.389 e. The molecule has 0 bridgehead atoms. The minimum absolute atomic E-state index is 0.000930. The molecule has 310 valence electrons. The van der Waals surface area contributed by atoms with Gasteiger partial charge in [0.25, 0.3) is 0 Å². The SMILES string of the molecule is [3H][B]SO[C@@H]1CC2=CC=C3C(CC[C@]4(C)/C(=C\C)[C@H](O)CC34)[C@@]2(C)[C@@H](OS[B][3H])C1.[3H][B]SO[C@@H]1CC2=CC=C3C(CC[C@]4(C)C([C@H](C)CC=O)=CCC34)[C@@]2(C)[C@@H](OS[B][3H])C1. The van der Waals surface area contributed by atoms with Crippen molar-refractivity contribution in [1.29, 1.82) is 5.34 Å². The molecule has 14 atom stereocenters. The molecular weight excluding hydrogens is 796 g/mol. The molecule has 4 radical (unpaired) electrons. The van der Waals surface area contributed by atoms with Crippen LogP contribution in [0.3, 0.4) is 0 Å². The van der Waals surface area contributed by atoms with Gasteiger partial charge in [0.05, 0.1) is 30.5 Å². The highest BCUT2D eigenvalue weighted by Crippen LogP contribution is 2.67. The predicted octanol–water partition coefficient (Wildman–Crippen LogP) is 9.03. The number of aldehydes is 1. The molecule has 8 aliphatic carbocycles. The number of aliphatic hydroxyl groups excluding tert-OH is 1. The fraction of sp³-hybridized carbons (Fsp3) is 0.705. The van der Waals surface area contributed by atoms with Crippen LogP contribution in [0.15, 0.2) is 69.9 Å². The molecule has 0 aromatic heterocycles. The summed E-state index contributed by atoms with van der Waals surface area (Å²) in [6, 6.07) is 0. The Morgan fingerprint density at radius 2 is 1.29 bits per heavy atom. The van der Waals surface area contributed by atoms with Crippen LogP contribution < -0.4 is 0 Å². The number of hydrogen-bond acceptors (Lipinski definition) is 10. The van der Waals surface area contributed by atoms with Crippen molar-refractivity contribution in [2.24, 2.45) is 51.2 Å². The molecule has 5 fully saturated rings. The monoisotopic (exact) mass is 866 g/mol. The minimum atomic E-state index is -0.342. The van der Waals surface area contributed by atoms with Crippen LogP contribution in [0, 0.1) is 51.2 Å². The van der Waals surface area contributed by atoms with Crippen LogP contribution in [0.2, 0.25) is 0 Å². The molecule has 4 unspecified atom stereocenters. The van der Waals surface area contributed by atoms with Crippen LogP contribution >= 0.6 is 47.6 Å². The van der Waals surface area contributed by atoms with Crippen LogP contribution in [-0.2, 0) is 21.5 Å². The quantitative estimate of drug-likeness (QED) is 0.0747. The van der Waals surface area contributed by atoms with E-state index in [0.717, 1.165) is 118 Å². The summed E-state index contributed by atoms with van der Waals surface area (Å²) in [5.41, 5.74) is 8.32. The number of allylic oxidation sites excluding steroid dienone is 9. The molecule has 5 saturated carbocycles. The van der Waals surface area contributed by atoms with E-state index in [0.29, 0.717) is 36.0 Å². The van der Waals surface area contributed by atoms with Crippen LogP contribution in [-0.4, -0.2) is 75.6 Å². The second-order valence-corrected chi connectivity index (χ2v) is 20.5. The van der Waals surface area contributed by atoms with Crippen molar-refractivity contribution in [1.82, 2.24) is 0 Å². The van der Waals surface area contributed by atoms with E-state index in [-0.39, 0.29) is 52.2 Å². The lowest BCUT2D eigenvalue weighted by atomic mass is 9.49. The Morgan fingerprint density at radius 1 is 0.776 bits per heavy atom. The third kappa shape index (κ3) is 7.60. The molecule has 1 N–H and O–H groups in total. The zero-order chi connectivity index (χ0) is 44.5. The number of aliphatic hydroxyl groups is 1. The Balaban J connectivity index is 0.000000187. The Morgan fingerprint density at radius 3 is 1.81 bits per heavy atom. The highest BCUT2D eigenvalue weighted by atomic mass is 32.2. The lowest BCUT2D eigenvalue weighted by Crippen LogP contribution is -2.52. The molecule has 8 rings (SSSR count). The summed E-state index contributed by atoms with van der Waals surface area (Å²) >= 11 is 4.36. The first-order valence-corrected chi connectivity index (χ1v) is 24.4. The Bertz CT molecular complexity index is 1840. The van der Waals surface area contributed by atoms with Gasteiger partial charge < -0.3 is 26.6 Å². The van der Waals surface area contributed by atoms with E-state index >= 15 is 0 Å². The van der Waals surface area contributed by atoms with Gasteiger partial charge >= 0.3 is 0 Å². The summed E-state index contributed by atoms with van der Waals surface area (Å²) in [5, 5.41) is 10.8. The van der Waals surface area contributed by atoms with E-state index in [2.05, 4.69) is 78.0 Å². The molecule has 0 saturated heterocycles. The van der Waals surface area contributed by atoms with Gasteiger partial charge in [-0.3, -0.25) is 0 Å². The first-order chi connectivity index (χ1) is 29.8. The number of carbonyl (C=O) groups excluding carboxylic acids is 1. The lowest BCUT2D eigenvalue weighted by molar-refractivity contribution is -0.108. The van der Waals surface area contributed by atoms with Gasteiger partial charge in [-0.1, -0.05) is 147 Å². The molecule has 14 heteroatoms. The Hall–Kier alpha value is -0.430. The number of fused-ring (bicyclic) bond motifs is 10. The molecule has 6 nitrogen and oxygen atoms in total. The number of rotatable bonds is 15. The first-order valence-electron chi connectivity index (χ1n) is 23.5. The van der Waals surface area contributed by atoms with Crippen LogP contribution in [0.1, 0.15) is 112 Å². The summed E-state index contributed by atoms with van der Waals surface area (Å²) in [6.07, 6.45) is 24.5. The molecule has 0 aliphatic heterocycles. The van der Waals surface area contributed by atoms with Crippen molar-refractivity contribution in [3.8, 4) is 0 Å². The summed E-state index contributed by atoms with van der Waals surface area (Å²) in [6.45, 7) is 13.7. The van der Waals surface area contributed by atoms with Crippen molar-refractivity contribution in [3.63, 3.8) is 0 Å². The van der Waals surface area contributed by atoms with E-state index in [4.69, 9.17) is 22.1 Å². The zero-order valence-corrected chi connectivity index (χ0v) is 38.3. The summed E-state index contributed by atoms with van der Waals surface area (Å²) in [4.78, 5) is 11.2. The second kappa shape index (κ2) is 18.3. The van der Waals surface area contributed by atoms with Gasteiger partial charge in [0.2, 0.25) is 28.4 Å². The van der Waals surface area contributed by atoms with Crippen molar-refractivity contribution < 1.29 is 26.6 Å². The van der Waals surface area contributed by atoms with Crippen molar-refractivity contribution in [2.75, 3.05) is 0 Å². The van der Waals surface area contributed by atoms with Gasteiger partial charge in [-0.25, -0.2) is 0 Å². The highest BCUT2D eigenvalue weighted by molar-refractivity contribution is 8.16. The summed E-state index contributed by atoms with van der Waals surface area (Å²) in [5.74, 6) is 1.96. The van der Waals surface area contributed by atoms with Crippen LogP contribution in [0.25, 0.3) is 0 Å². The predicted molar refractivity (Wildman–Crippen MR) is 251 cm³/mol. The van der Waals surface area contributed by atoms with E-state index < -0.39 is 0 Å². The summed E-state index contributed by atoms with van der Waals surface area (Å²) < 4.78 is 53.5. The topological polar surface area (TPSA) is 74.2 Å². The Kier molecular flexibility index (Phi) is 12.8. The molecule has 0 spiro atoms. The van der Waals surface area contributed by atoms with Gasteiger partial charge in [-0.2, -0.15) is 0 Å². The average molecular weight is 867 g/mol. The number of carbonyl (C=O) groups is 1. The van der Waals surface area contributed by atoms with Crippen molar-refractivity contribution >= 4 is 82.2 Å². The molecule has 0 amide bonds. The summed E-state index contributed by atoms with van der Waals surface area (Å²) in [7, 11) is 4.94. The highest BCUT2D eigenvalue weighted by Gasteiger charge is 2.60. The van der Waals surface area contributed by atoms with Crippen LogP contribution in [0.5, 0.6) is 0 Å². The maximum absolute atomic E-state index is 11.2. The standard InChI is InChI=1S/C23H32B2O3S2.C21H30B2O3S2/c1-14(9-11-26)18-6-7-19-17-5-4-15-12-16(27-29-24)13-21(28-30-25)23(15,3)20(17)8-10-22(18,19)2;1-4-15-18(24)11-17-14-6-5-12-9-13(25-27-22)10-19(26-28-23)21(12,3)16(14)7-8-20(15,17)2/h4-6,11,14,16,19-21,24-25H,7-10,12-13H2,1-3H3;4-6,13,16-19,22-24H,7-11H2,1-3H3/b;15-4-/t14-,16-,19?,20?,21+,22-,23+;13-,16?,17?,18-,19+,20-,21+/m11/s1/i24T,25T;22T,23T. The maximum Gasteiger partial charge on any atom is 0.209 e. The second-order valence-electron chi connectivity index (χ2n) is 19.0. The van der Waals surface area contributed by atoms with Gasteiger partial charge in [-0.15, -0.1) is 0 Å². The third-order valence-corrected chi connectivity index (χ3v) is 18.2. The van der Waals surface area contributed by atoms with Crippen LogP contribution in [0.4, 0.5) is 0 Å². The van der Waals surface area contributed by atoms with Gasteiger partial charge in [-0.05, 0) is 110 Å². The molecule has 0 aromatic rings. The fourth-order valence-corrected chi connectivity index (χ4v) is 15.2. The minimum Gasteiger partial charge on any atom is -0.389 e. The van der Waals surface area contributed by atoms with E-state index in [1.54, 1.807) is 0 Å². The molecule has 8 aliphatic rings. The molecular formula is C44H62B4O6S4. The molecule has 58 heavy (non-hydrogen) atoms. The van der Waals surface area contributed by atoms with Crippen molar-refractivity contribution in [2.45, 2.75) is 143 Å². The smallest absolute Gasteiger partial charge is 0.209 e. The third-order valence-electron chi connectivity index (χ3n) is 16.8. The van der Waals surface area contributed by atoms with Gasteiger partial charge in [0.1, 0.15) is 6.29 Å². The van der Waals surface area contributed by atoms with E-state index in [1.807, 2.05) is 0 Å². The maximum atomic E-state index is 11.2. The normalized spacial score (nSPS) is 44.3. The molecule has 0 aromatic carbocycles. The van der Waals surface area contributed by atoms with Gasteiger partial charge in [0.15, 0.2) is 0 Å². The zero-order valence-electron chi connectivity index (χ0n) is 39.0. The average Bonchev–Trinajstić information content (AvgIpc) is 3.75. The van der Waals surface area contributed by atoms with Gasteiger partial charge in [0, 0.05) is 30.1 Å². The Labute approximate surface area is 376 Å².